The lowest BCUT2D eigenvalue weighted by molar-refractivity contribution is -0.128. The van der Waals surface area contributed by atoms with Gasteiger partial charge in [-0.3, -0.25) is 4.79 Å². The van der Waals surface area contributed by atoms with Crippen molar-refractivity contribution in [2.75, 3.05) is 13.1 Å². The van der Waals surface area contributed by atoms with E-state index in [1.165, 1.54) is 6.08 Å². The number of carbonyl (C=O) groups is 1. The van der Waals surface area contributed by atoms with E-state index in [4.69, 9.17) is 4.42 Å². The second-order valence-electron chi connectivity index (χ2n) is 6.06. The van der Waals surface area contributed by atoms with E-state index in [1.807, 2.05) is 0 Å². The molecule has 0 atom stereocenters. The predicted octanol–water partition coefficient (Wildman–Crippen LogP) is 2.25. The van der Waals surface area contributed by atoms with E-state index in [1.54, 1.807) is 29.4 Å². The van der Waals surface area contributed by atoms with E-state index in [9.17, 15) is 13.2 Å². The summed E-state index contributed by atoms with van der Waals surface area (Å²) in [4.78, 5) is 13.5. The fourth-order valence-electron chi connectivity index (χ4n) is 3.14. The zero-order valence-electron chi connectivity index (χ0n) is 12.5. The van der Waals surface area contributed by atoms with E-state index in [0.29, 0.717) is 18.8 Å². The molecule has 1 aliphatic heterocycles. The maximum absolute atomic E-state index is 12.5. The summed E-state index contributed by atoms with van der Waals surface area (Å²) in [6.45, 7) is 0.639. The Morgan fingerprint density at radius 3 is 2.55 bits per heavy atom. The number of furan rings is 1. The van der Waals surface area contributed by atoms with Gasteiger partial charge in [0, 0.05) is 19.2 Å². The van der Waals surface area contributed by atoms with Crippen LogP contribution < -0.4 is 0 Å². The van der Waals surface area contributed by atoms with Gasteiger partial charge in [-0.15, -0.1) is 0 Å². The third-order valence-electron chi connectivity index (χ3n) is 4.57. The van der Waals surface area contributed by atoms with Gasteiger partial charge in [-0.2, -0.15) is 0 Å². The van der Waals surface area contributed by atoms with Crippen molar-refractivity contribution >= 4 is 21.8 Å². The first kappa shape index (κ1) is 15.3. The molecule has 1 amide bonds. The summed E-state index contributed by atoms with van der Waals surface area (Å²) < 4.78 is 30.1. The van der Waals surface area contributed by atoms with Crippen molar-refractivity contribution < 1.29 is 17.6 Å². The predicted molar refractivity (Wildman–Crippen MR) is 83.9 cm³/mol. The number of hydrogen-bond acceptors (Lipinski definition) is 4. The molecular formula is C16H21NO4S. The Morgan fingerprint density at radius 2 is 1.91 bits per heavy atom. The highest BCUT2D eigenvalue weighted by Gasteiger charge is 2.43. The summed E-state index contributed by atoms with van der Waals surface area (Å²) in [6, 6.07) is 3.51. The Kier molecular flexibility index (Phi) is 4.38. The van der Waals surface area contributed by atoms with Gasteiger partial charge in [0.05, 0.1) is 16.8 Å². The minimum atomic E-state index is -3.09. The van der Waals surface area contributed by atoms with Crippen LogP contribution in [0.4, 0.5) is 0 Å². The molecule has 0 N–H and O–H groups in total. The van der Waals surface area contributed by atoms with Gasteiger partial charge in [-0.25, -0.2) is 8.42 Å². The van der Waals surface area contributed by atoms with Gasteiger partial charge in [0.15, 0.2) is 9.84 Å². The first-order valence-corrected chi connectivity index (χ1v) is 9.41. The molecule has 1 aliphatic carbocycles. The summed E-state index contributed by atoms with van der Waals surface area (Å²) in [6.07, 6.45) is 9.29. The van der Waals surface area contributed by atoms with Crippen LogP contribution in [-0.4, -0.2) is 42.8 Å². The topological polar surface area (TPSA) is 67.6 Å². The number of sulfone groups is 1. The fraction of sp³-hybridized carbons (Fsp3) is 0.562. The highest BCUT2D eigenvalue weighted by atomic mass is 32.2. The Bertz CT molecular complexity index is 636. The van der Waals surface area contributed by atoms with E-state index in [2.05, 4.69) is 0 Å². The van der Waals surface area contributed by atoms with Crippen molar-refractivity contribution in [3.8, 4) is 0 Å². The first-order valence-electron chi connectivity index (χ1n) is 7.80. The lowest BCUT2D eigenvalue weighted by atomic mass is 10.0. The molecule has 0 radical (unpaired) electrons. The largest absolute Gasteiger partial charge is 0.465 e. The summed E-state index contributed by atoms with van der Waals surface area (Å²) in [5.74, 6) is 0.451. The summed E-state index contributed by atoms with van der Waals surface area (Å²) in [5, 5.41) is -0.571. The molecule has 0 bridgehead atoms. The second kappa shape index (κ2) is 6.28. The second-order valence-corrected chi connectivity index (χ2v) is 8.57. The number of nitrogens with zero attached hydrogens (tertiary/aromatic N) is 1. The molecule has 1 aromatic rings. The Labute approximate surface area is 130 Å². The van der Waals surface area contributed by atoms with Crippen LogP contribution in [0.3, 0.4) is 0 Å². The lowest BCUT2D eigenvalue weighted by Gasteiger charge is -2.40. The SMILES string of the molecule is O=C(C=Cc1ccco1)N1CC(S(=O)(=O)C2CCCCC2)C1. The van der Waals surface area contributed by atoms with E-state index >= 15 is 0 Å². The van der Waals surface area contributed by atoms with Crippen LogP contribution in [0.15, 0.2) is 28.9 Å². The van der Waals surface area contributed by atoms with Crippen molar-refractivity contribution in [2.45, 2.75) is 42.6 Å². The molecule has 2 aliphatic rings. The minimum absolute atomic E-state index is 0.161. The molecule has 1 saturated carbocycles. The van der Waals surface area contributed by atoms with Gasteiger partial charge < -0.3 is 9.32 Å². The normalized spacial score (nSPS) is 21.2. The quantitative estimate of drug-likeness (QED) is 0.797. The standard InChI is InChI=1S/C16H21NO4S/c18-16(9-8-13-5-4-10-21-13)17-11-15(12-17)22(19,20)14-6-2-1-3-7-14/h4-5,8-10,14-15H,1-3,6-7,11-12H2. The average Bonchev–Trinajstić information content (AvgIpc) is 2.97. The van der Waals surface area contributed by atoms with Gasteiger partial charge >= 0.3 is 0 Å². The molecule has 1 saturated heterocycles. The molecule has 0 spiro atoms. The van der Waals surface area contributed by atoms with Gasteiger partial charge in [-0.05, 0) is 31.1 Å². The molecule has 3 rings (SSSR count). The van der Waals surface area contributed by atoms with Gasteiger partial charge in [0.2, 0.25) is 5.91 Å². The minimum Gasteiger partial charge on any atom is -0.465 e. The zero-order valence-corrected chi connectivity index (χ0v) is 13.3. The number of hydrogen-bond donors (Lipinski definition) is 0. The molecule has 120 valence electrons. The molecule has 0 unspecified atom stereocenters. The first-order chi connectivity index (χ1) is 10.6. The van der Waals surface area contributed by atoms with Crippen LogP contribution in [0.1, 0.15) is 37.9 Å². The average molecular weight is 323 g/mol. The fourth-order valence-corrected chi connectivity index (χ4v) is 5.45. The van der Waals surface area contributed by atoms with Crippen LogP contribution in [0.2, 0.25) is 0 Å². The molecule has 2 fully saturated rings. The molecule has 0 aromatic carbocycles. The van der Waals surface area contributed by atoms with Crippen molar-refractivity contribution in [1.82, 2.24) is 4.90 Å². The van der Waals surface area contributed by atoms with Crippen LogP contribution in [0.25, 0.3) is 6.08 Å². The van der Waals surface area contributed by atoms with Gasteiger partial charge in [0.1, 0.15) is 5.76 Å². The van der Waals surface area contributed by atoms with Crippen LogP contribution in [-0.2, 0) is 14.6 Å². The number of rotatable bonds is 4. The highest BCUT2D eigenvalue weighted by Crippen LogP contribution is 2.29. The third-order valence-corrected chi connectivity index (χ3v) is 7.20. The van der Waals surface area contributed by atoms with E-state index in [-0.39, 0.29) is 16.4 Å². The lowest BCUT2D eigenvalue weighted by Crippen LogP contribution is -2.58. The summed E-state index contributed by atoms with van der Waals surface area (Å²) >= 11 is 0. The van der Waals surface area contributed by atoms with Crippen molar-refractivity contribution in [2.24, 2.45) is 0 Å². The Hall–Kier alpha value is -1.56. The Balaban J connectivity index is 1.53. The van der Waals surface area contributed by atoms with E-state index < -0.39 is 9.84 Å². The molecule has 5 nitrogen and oxygen atoms in total. The van der Waals surface area contributed by atoms with Crippen LogP contribution in [0.5, 0.6) is 0 Å². The monoisotopic (exact) mass is 323 g/mol. The number of likely N-dealkylation sites (tertiary alicyclic amines) is 1. The molecule has 2 heterocycles. The van der Waals surface area contributed by atoms with Crippen molar-refractivity contribution in [1.29, 1.82) is 0 Å². The van der Waals surface area contributed by atoms with Crippen molar-refractivity contribution in [3.63, 3.8) is 0 Å². The summed E-state index contributed by atoms with van der Waals surface area (Å²) in [5.41, 5.74) is 0. The van der Waals surface area contributed by atoms with Gasteiger partial charge in [-0.1, -0.05) is 19.3 Å². The van der Waals surface area contributed by atoms with Gasteiger partial charge in [0.25, 0.3) is 0 Å². The van der Waals surface area contributed by atoms with E-state index in [0.717, 1.165) is 32.1 Å². The summed E-state index contributed by atoms with van der Waals surface area (Å²) in [7, 11) is -3.09. The molecule has 6 heteroatoms. The molecular weight excluding hydrogens is 302 g/mol. The van der Waals surface area contributed by atoms with Crippen LogP contribution in [0, 0.1) is 0 Å². The molecule has 1 aromatic heterocycles. The number of carbonyl (C=O) groups excluding carboxylic acids is 1. The number of amides is 1. The smallest absolute Gasteiger partial charge is 0.246 e. The van der Waals surface area contributed by atoms with Crippen molar-refractivity contribution in [3.05, 3.63) is 30.2 Å². The molecule has 22 heavy (non-hydrogen) atoms. The zero-order chi connectivity index (χ0) is 15.6. The third kappa shape index (κ3) is 3.11. The maximum Gasteiger partial charge on any atom is 0.246 e. The van der Waals surface area contributed by atoms with Crippen LogP contribution >= 0.6 is 0 Å². The Morgan fingerprint density at radius 1 is 1.18 bits per heavy atom. The maximum atomic E-state index is 12.5. The highest BCUT2D eigenvalue weighted by molar-refractivity contribution is 7.92.